The van der Waals surface area contributed by atoms with Crippen molar-refractivity contribution in [3.63, 3.8) is 0 Å². The molecule has 3 N–H and O–H groups in total. The van der Waals surface area contributed by atoms with Crippen molar-refractivity contribution in [3.05, 3.63) is 6.07 Å². The molecule has 0 bridgehead atoms. The largest absolute Gasteiger partial charge is 0.481 e. The van der Waals surface area contributed by atoms with E-state index in [-0.39, 0.29) is 23.8 Å². The molecule has 2 unspecified atom stereocenters. The molecule has 0 saturated heterocycles. The van der Waals surface area contributed by atoms with Crippen LogP contribution < -0.4 is 20.5 Å². The first-order valence-electron chi connectivity index (χ1n) is 5.51. The molecule has 0 fully saturated rings. The molecule has 2 atom stereocenters. The van der Waals surface area contributed by atoms with Crippen LogP contribution >= 0.6 is 0 Å². The molecular formula is C11H18N4O3. The molecule has 18 heavy (non-hydrogen) atoms. The van der Waals surface area contributed by atoms with Crippen LogP contribution in [-0.2, 0) is 4.79 Å². The Morgan fingerprint density at radius 2 is 1.78 bits per heavy atom. The molecule has 0 saturated carbocycles. The fourth-order valence-electron chi connectivity index (χ4n) is 1.13. The van der Waals surface area contributed by atoms with E-state index in [4.69, 9.17) is 15.2 Å². The zero-order valence-electron chi connectivity index (χ0n) is 10.9. The van der Waals surface area contributed by atoms with Crippen LogP contribution in [0.15, 0.2) is 6.07 Å². The number of aromatic nitrogens is 2. The van der Waals surface area contributed by atoms with Gasteiger partial charge in [0.25, 0.3) is 0 Å². The highest BCUT2D eigenvalue weighted by molar-refractivity contribution is 5.91. The Hall–Kier alpha value is -1.89. The van der Waals surface area contributed by atoms with Crippen LogP contribution in [0.4, 0.5) is 5.95 Å². The lowest BCUT2D eigenvalue weighted by molar-refractivity contribution is -0.119. The maximum Gasteiger partial charge on any atom is 0.236 e. The average Bonchev–Trinajstić information content (AvgIpc) is 2.36. The minimum absolute atomic E-state index is 0.128. The zero-order valence-corrected chi connectivity index (χ0v) is 10.9. The Morgan fingerprint density at radius 3 is 2.17 bits per heavy atom. The van der Waals surface area contributed by atoms with Gasteiger partial charge in [0, 0.05) is 6.04 Å². The van der Waals surface area contributed by atoms with Crippen molar-refractivity contribution in [2.75, 3.05) is 19.5 Å². The smallest absolute Gasteiger partial charge is 0.236 e. The van der Waals surface area contributed by atoms with Crippen LogP contribution in [0, 0.1) is 5.92 Å². The van der Waals surface area contributed by atoms with Gasteiger partial charge in [0.2, 0.25) is 23.6 Å². The molecule has 100 valence electrons. The summed E-state index contributed by atoms with van der Waals surface area (Å²) in [6.07, 6.45) is 0. The highest BCUT2D eigenvalue weighted by atomic mass is 16.5. The summed E-state index contributed by atoms with van der Waals surface area (Å²) in [4.78, 5) is 19.8. The SMILES string of the molecule is COc1cc(OC)nc(NC(=O)C(C)C(C)N)n1. The number of ether oxygens (including phenoxy) is 2. The molecule has 1 amide bonds. The lowest BCUT2D eigenvalue weighted by atomic mass is 10.0. The van der Waals surface area contributed by atoms with E-state index < -0.39 is 0 Å². The average molecular weight is 254 g/mol. The van der Waals surface area contributed by atoms with Crippen LogP contribution in [0.5, 0.6) is 11.8 Å². The first kappa shape index (κ1) is 14.2. The summed E-state index contributed by atoms with van der Waals surface area (Å²) in [7, 11) is 2.94. The molecule has 1 aromatic rings. The molecule has 0 spiro atoms. The van der Waals surface area contributed by atoms with Gasteiger partial charge in [-0.1, -0.05) is 6.92 Å². The van der Waals surface area contributed by atoms with Gasteiger partial charge in [0.15, 0.2) is 0 Å². The molecule has 7 heteroatoms. The van der Waals surface area contributed by atoms with Crippen molar-refractivity contribution >= 4 is 11.9 Å². The van der Waals surface area contributed by atoms with Crippen molar-refractivity contribution in [3.8, 4) is 11.8 Å². The molecule has 0 aliphatic heterocycles. The second-order valence-electron chi connectivity index (χ2n) is 3.91. The predicted octanol–water partition coefficient (Wildman–Crippen LogP) is 0.416. The van der Waals surface area contributed by atoms with E-state index >= 15 is 0 Å². The summed E-state index contributed by atoms with van der Waals surface area (Å²) < 4.78 is 9.96. The number of anilines is 1. The third-order valence-corrected chi connectivity index (χ3v) is 2.53. The quantitative estimate of drug-likeness (QED) is 0.789. The molecule has 0 aliphatic rings. The number of nitrogens with one attached hydrogen (secondary N) is 1. The van der Waals surface area contributed by atoms with Crippen molar-refractivity contribution in [1.82, 2.24) is 9.97 Å². The molecule has 0 aliphatic carbocycles. The van der Waals surface area contributed by atoms with Crippen molar-refractivity contribution in [2.24, 2.45) is 11.7 Å². The summed E-state index contributed by atoms with van der Waals surface area (Å²) in [5.41, 5.74) is 5.65. The van der Waals surface area contributed by atoms with Gasteiger partial charge in [-0.15, -0.1) is 0 Å². The van der Waals surface area contributed by atoms with E-state index in [1.807, 2.05) is 0 Å². The molecule has 0 aromatic carbocycles. The van der Waals surface area contributed by atoms with E-state index in [2.05, 4.69) is 15.3 Å². The molecular weight excluding hydrogens is 236 g/mol. The van der Waals surface area contributed by atoms with Crippen LogP contribution in [0.3, 0.4) is 0 Å². The van der Waals surface area contributed by atoms with Crippen molar-refractivity contribution < 1.29 is 14.3 Å². The number of nitrogens with zero attached hydrogens (tertiary/aromatic N) is 2. The van der Waals surface area contributed by atoms with Gasteiger partial charge >= 0.3 is 0 Å². The molecule has 7 nitrogen and oxygen atoms in total. The topological polar surface area (TPSA) is 99.4 Å². The monoisotopic (exact) mass is 254 g/mol. The Kier molecular flexibility index (Phi) is 4.85. The zero-order chi connectivity index (χ0) is 13.7. The predicted molar refractivity (Wildman–Crippen MR) is 66.6 cm³/mol. The fraction of sp³-hybridized carbons (Fsp3) is 0.545. The highest BCUT2D eigenvalue weighted by Gasteiger charge is 2.18. The number of hydrogen-bond acceptors (Lipinski definition) is 6. The van der Waals surface area contributed by atoms with Crippen LogP contribution in [0.25, 0.3) is 0 Å². The Bertz CT molecular complexity index is 400. The maximum atomic E-state index is 11.8. The van der Waals surface area contributed by atoms with E-state index in [1.165, 1.54) is 20.3 Å². The number of rotatable bonds is 5. The fourth-order valence-corrected chi connectivity index (χ4v) is 1.13. The summed E-state index contributed by atoms with van der Waals surface area (Å²) in [6.45, 7) is 3.49. The number of amides is 1. The first-order chi connectivity index (χ1) is 8.47. The van der Waals surface area contributed by atoms with Crippen molar-refractivity contribution in [2.45, 2.75) is 19.9 Å². The normalized spacial score (nSPS) is 13.6. The van der Waals surface area contributed by atoms with Gasteiger partial charge in [-0.3, -0.25) is 10.1 Å². The Labute approximate surface area is 106 Å². The van der Waals surface area contributed by atoms with E-state index in [0.717, 1.165) is 0 Å². The molecule has 0 radical (unpaired) electrons. The van der Waals surface area contributed by atoms with Gasteiger partial charge in [-0.25, -0.2) is 0 Å². The van der Waals surface area contributed by atoms with Gasteiger partial charge in [0.1, 0.15) is 0 Å². The van der Waals surface area contributed by atoms with E-state index in [1.54, 1.807) is 13.8 Å². The molecule has 1 aromatic heterocycles. The Morgan fingerprint density at radius 1 is 1.28 bits per heavy atom. The number of methoxy groups -OCH3 is 2. The lowest BCUT2D eigenvalue weighted by Gasteiger charge is -2.14. The summed E-state index contributed by atoms with van der Waals surface area (Å²) in [5, 5.41) is 2.57. The van der Waals surface area contributed by atoms with Gasteiger partial charge in [-0.2, -0.15) is 9.97 Å². The van der Waals surface area contributed by atoms with E-state index in [9.17, 15) is 4.79 Å². The summed E-state index contributed by atoms with van der Waals surface area (Å²) in [6, 6.07) is 1.27. The number of nitrogens with two attached hydrogens (primary N) is 1. The summed E-state index contributed by atoms with van der Waals surface area (Å²) in [5.74, 6) is 0.158. The Balaban J connectivity index is 2.86. The van der Waals surface area contributed by atoms with Gasteiger partial charge < -0.3 is 15.2 Å². The lowest BCUT2D eigenvalue weighted by Crippen LogP contribution is -2.34. The second kappa shape index (κ2) is 6.15. The van der Waals surface area contributed by atoms with E-state index in [0.29, 0.717) is 11.8 Å². The maximum absolute atomic E-state index is 11.8. The minimum Gasteiger partial charge on any atom is -0.481 e. The molecule has 1 heterocycles. The number of hydrogen-bond donors (Lipinski definition) is 2. The highest BCUT2D eigenvalue weighted by Crippen LogP contribution is 2.17. The van der Waals surface area contributed by atoms with Crippen LogP contribution in [0.1, 0.15) is 13.8 Å². The third kappa shape index (κ3) is 3.56. The number of carbonyl (C=O) groups excluding carboxylic acids is 1. The summed E-state index contributed by atoms with van der Waals surface area (Å²) >= 11 is 0. The standard InChI is InChI=1S/C11H18N4O3/c1-6(7(2)12)10(16)15-11-13-8(17-3)5-9(14-11)18-4/h5-7H,12H2,1-4H3,(H,13,14,15,16). The second-order valence-corrected chi connectivity index (χ2v) is 3.91. The molecule has 1 rings (SSSR count). The van der Waals surface area contributed by atoms with Crippen LogP contribution in [0.2, 0.25) is 0 Å². The van der Waals surface area contributed by atoms with Gasteiger partial charge in [0.05, 0.1) is 26.2 Å². The third-order valence-electron chi connectivity index (χ3n) is 2.53. The first-order valence-corrected chi connectivity index (χ1v) is 5.51. The van der Waals surface area contributed by atoms with Gasteiger partial charge in [-0.05, 0) is 6.92 Å². The van der Waals surface area contributed by atoms with Crippen molar-refractivity contribution in [1.29, 1.82) is 0 Å². The minimum atomic E-state index is -0.342. The number of carbonyl (C=O) groups is 1. The van der Waals surface area contributed by atoms with Crippen LogP contribution in [-0.4, -0.2) is 36.1 Å².